The Balaban J connectivity index is 1.71. The minimum atomic E-state index is -0.549. The van der Waals surface area contributed by atoms with Crippen molar-refractivity contribution in [2.75, 3.05) is 13.2 Å². The molecular formula is C25H34O3. The summed E-state index contributed by atoms with van der Waals surface area (Å²) in [5, 5.41) is 0. The monoisotopic (exact) mass is 382 g/mol. The fourth-order valence-electron chi connectivity index (χ4n) is 3.71. The highest BCUT2D eigenvalue weighted by atomic mass is 16.7. The smallest absolute Gasteiger partial charge is 0.434 e. The molecule has 28 heavy (non-hydrogen) atoms. The standard InChI is InChI=1S/C25H34O3/c1-3-11-21(23-13-7-5-8-14-23)17-19-27-25(26)28-20-18-22(12-4-2)24-15-9-6-10-16-24/h5-10,13-16,21-22H,3-4,11-12,17-20H2,1-2H3. The van der Waals surface area contributed by atoms with Crippen molar-refractivity contribution in [3.63, 3.8) is 0 Å². The Morgan fingerprint density at radius 2 is 1.07 bits per heavy atom. The highest BCUT2D eigenvalue weighted by molar-refractivity contribution is 5.59. The van der Waals surface area contributed by atoms with Crippen LogP contribution in [0.1, 0.15) is 75.3 Å². The van der Waals surface area contributed by atoms with E-state index < -0.39 is 6.16 Å². The fraction of sp³-hybridized carbons (Fsp3) is 0.480. The van der Waals surface area contributed by atoms with Crippen LogP contribution in [-0.2, 0) is 9.47 Å². The Morgan fingerprint density at radius 3 is 1.43 bits per heavy atom. The Bertz CT molecular complexity index is 597. The quantitative estimate of drug-likeness (QED) is 0.368. The van der Waals surface area contributed by atoms with Gasteiger partial charge in [-0.2, -0.15) is 0 Å². The van der Waals surface area contributed by atoms with Gasteiger partial charge in [0.15, 0.2) is 0 Å². The number of ether oxygens (including phenoxy) is 2. The lowest BCUT2D eigenvalue weighted by atomic mass is 9.92. The van der Waals surface area contributed by atoms with Crippen LogP contribution in [0.25, 0.3) is 0 Å². The fourth-order valence-corrected chi connectivity index (χ4v) is 3.71. The lowest BCUT2D eigenvalue weighted by Crippen LogP contribution is -2.13. The molecule has 0 fully saturated rings. The van der Waals surface area contributed by atoms with E-state index in [-0.39, 0.29) is 0 Å². The van der Waals surface area contributed by atoms with Crippen LogP contribution in [0, 0.1) is 0 Å². The van der Waals surface area contributed by atoms with Gasteiger partial charge in [-0.15, -0.1) is 0 Å². The summed E-state index contributed by atoms with van der Waals surface area (Å²) in [5.74, 6) is 0.844. The molecule has 2 aromatic carbocycles. The van der Waals surface area contributed by atoms with Crippen LogP contribution in [0.2, 0.25) is 0 Å². The van der Waals surface area contributed by atoms with Gasteiger partial charge in [0.1, 0.15) is 0 Å². The van der Waals surface area contributed by atoms with Crippen molar-refractivity contribution in [1.29, 1.82) is 0 Å². The summed E-state index contributed by atoms with van der Waals surface area (Å²) in [4.78, 5) is 12.0. The van der Waals surface area contributed by atoms with E-state index in [4.69, 9.17) is 9.47 Å². The SMILES string of the molecule is CCCC(CCOC(=O)OCCC(CCC)c1ccccc1)c1ccccc1. The number of carbonyl (C=O) groups excluding carboxylic acids is 1. The van der Waals surface area contributed by atoms with Crippen molar-refractivity contribution in [3.8, 4) is 0 Å². The molecule has 3 heteroatoms. The first-order valence-electron chi connectivity index (χ1n) is 10.6. The van der Waals surface area contributed by atoms with Gasteiger partial charge in [0, 0.05) is 0 Å². The zero-order valence-electron chi connectivity index (χ0n) is 17.3. The first-order chi connectivity index (χ1) is 13.7. The lowest BCUT2D eigenvalue weighted by Gasteiger charge is -2.18. The molecule has 0 spiro atoms. The van der Waals surface area contributed by atoms with Gasteiger partial charge in [-0.1, -0.05) is 87.4 Å². The van der Waals surface area contributed by atoms with Crippen LogP contribution in [0.15, 0.2) is 60.7 Å². The van der Waals surface area contributed by atoms with Crippen molar-refractivity contribution in [3.05, 3.63) is 71.8 Å². The zero-order chi connectivity index (χ0) is 20.0. The molecule has 2 atom stereocenters. The lowest BCUT2D eigenvalue weighted by molar-refractivity contribution is 0.0509. The Morgan fingerprint density at radius 1 is 0.679 bits per heavy atom. The van der Waals surface area contributed by atoms with Crippen LogP contribution in [0.3, 0.4) is 0 Å². The summed E-state index contributed by atoms with van der Waals surface area (Å²) in [7, 11) is 0. The third-order valence-electron chi connectivity index (χ3n) is 5.19. The normalized spacial score (nSPS) is 12.9. The van der Waals surface area contributed by atoms with Gasteiger partial charge in [0.05, 0.1) is 13.2 Å². The van der Waals surface area contributed by atoms with Gasteiger partial charge in [-0.05, 0) is 48.6 Å². The molecule has 152 valence electrons. The van der Waals surface area contributed by atoms with Crippen molar-refractivity contribution in [2.24, 2.45) is 0 Å². The summed E-state index contributed by atoms with van der Waals surface area (Å²) < 4.78 is 10.7. The molecule has 0 N–H and O–H groups in total. The predicted molar refractivity (Wildman–Crippen MR) is 115 cm³/mol. The molecule has 2 rings (SSSR count). The molecule has 0 bridgehead atoms. The molecule has 3 nitrogen and oxygen atoms in total. The van der Waals surface area contributed by atoms with E-state index in [1.54, 1.807) is 0 Å². The molecule has 0 saturated carbocycles. The molecule has 0 aliphatic rings. The van der Waals surface area contributed by atoms with Gasteiger partial charge in [-0.25, -0.2) is 4.79 Å². The van der Waals surface area contributed by atoms with Crippen LogP contribution in [0.5, 0.6) is 0 Å². The summed E-state index contributed by atoms with van der Waals surface area (Å²) in [6.07, 6.45) is 5.53. The molecule has 0 aliphatic heterocycles. The molecule has 2 unspecified atom stereocenters. The maximum Gasteiger partial charge on any atom is 0.508 e. The number of hydrogen-bond acceptors (Lipinski definition) is 3. The highest BCUT2D eigenvalue weighted by Gasteiger charge is 2.14. The summed E-state index contributed by atoms with van der Waals surface area (Å²) in [5.41, 5.74) is 2.62. The third-order valence-corrected chi connectivity index (χ3v) is 5.19. The molecule has 0 aromatic heterocycles. The van der Waals surface area contributed by atoms with Crippen molar-refractivity contribution in [2.45, 2.75) is 64.2 Å². The van der Waals surface area contributed by atoms with Crippen molar-refractivity contribution in [1.82, 2.24) is 0 Å². The van der Waals surface area contributed by atoms with Crippen LogP contribution >= 0.6 is 0 Å². The minimum Gasteiger partial charge on any atom is -0.434 e. The van der Waals surface area contributed by atoms with Crippen LogP contribution < -0.4 is 0 Å². The second-order valence-corrected chi connectivity index (χ2v) is 7.32. The molecular weight excluding hydrogens is 348 g/mol. The predicted octanol–water partition coefficient (Wildman–Crippen LogP) is 7.09. The zero-order valence-corrected chi connectivity index (χ0v) is 17.3. The summed E-state index contributed by atoms with van der Waals surface area (Å²) >= 11 is 0. The molecule has 0 amide bonds. The Labute approximate surface area is 170 Å². The summed E-state index contributed by atoms with van der Waals surface area (Å²) in [6.45, 7) is 5.17. The topological polar surface area (TPSA) is 35.5 Å². The van der Waals surface area contributed by atoms with E-state index in [0.717, 1.165) is 38.5 Å². The molecule has 2 aromatic rings. The molecule has 0 saturated heterocycles. The van der Waals surface area contributed by atoms with Gasteiger partial charge in [0.2, 0.25) is 0 Å². The van der Waals surface area contributed by atoms with Crippen LogP contribution in [0.4, 0.5) is 4.79 Å². The van der Waals surface area contributed by atoms with Crippen molar-refractivity contribution >= 4 is 6.16 Å². The third kappa shape index (κ3) is 7.75. The maximum atomic E-state index is 12.0. The number of hydrogen-bond donors (Lipinski definition) is 0. The average molecular weight is 383 g/mol. The van der Waals surface area contributed by atoms with Gasteiger partial charge in [-0.3, -0.25) is 0 Å². The van der Waals surface area contributed by atoms with Gasteiger partial charge >= 0.3 is 6.16 Å². The number of carbonyl (C=O) groups is 1. The van der Waals surface area contributed by atoms with E-state index >= 15 is 0 Å². The number of rotatable bonds is 12. The Kier molecular flexibility index (Phi) is 10.2. The highest BCUT2D eigenvalue weighted by Crippen LogP contribution is 2.26. The summed E-state index contributed by atoms with van der Waals surface area (Å²) in [6, 6.07) is 20.9. The van der Waals surface area contributed by atoms with Crippen molar-refractivity contribution < 1.29 is 14.3 Å². The van der Waals surface area contributed by atoms with E-state index in [9.17, 15) is 4.79 Å². The molecule has 0 heterocycles. The minimum absolute atomic E-state index is 0.398. The van der Waals surface area contributed by atoms with E-state index in [1.807, 2.05) is 12.1 Å². The Hall–Kier alpha value is -2.29. The first kappa shape index (κ1) is 22.0. The molecule has 0 aliphatic carbocycles. The van der Waals surface area contributed by atoms with E-state index in [0.29, 0.717) is 25.0 Å². The second kappa shape index (κ2) is 13.0. The molecule has 0 radical (unpaired) electrons. The second-order valence-electron chi connectivity index (χ2n) is 7.32. The maximum absolute atomic E-state index is 12.0. The van der Waals surface area contributed by atoms with E-state index in [1.165, 1.54) is 11.1 Å². The van der Waals surface area contributed by atoms with Gasteiger partial charge in [0.25, 0.3) is 0 Å². The first-order valence-corrected chi connectivity index (χ1v) is 10.6. The number of benzene rings is 2. The largest absolute Gasteiger partial charge is 0.508 e. The van der Waals surface area contributed by atoms with Gasteiger partial charge < -0.3 is 9.47 Å². The van der Waals surface area contributed by atoms with E-state index in [2.05, 4.69) is 62.4 Å². The average Bonchev–Trinajstić information content (AvgIpc) is 2.74. The van der Waals surface area contributed by atoms with Crippen LogP contribution in [-0.4, -0.2) is 19.4 Å².